The first-order valence-corrected chi connectivity index (χ1v) is 10.4. The van der Waals surface area contributed by atoms with Gasteiger partial charge in [0, 0.05) is 16.8 Å². The number of hydrogen-bond acceptors (Lipinski definition) is 4. The van der Waals surface area contributed by atoms with Crippen molar-refractivity contribution in [1.82, 2.24) is 0 Å². The van der Waals surface area contributed by atoms with Gasteiger partial charge in [-0.25, -0.2) is 8.42 Å². The average Bonchev–Trinajstić information content (AvgIpc) is 2.73. The highest BCUT2D eigenvalue weighted by molar-refractivity contribution is 7.93. The van der Waals surface area contributed by atoms with Gasteiger partial charge in [-0.1, -0.05) is 48.5 Å². The molecule has 0 aliphatic carbocycles. The van der Waals surface area contributed by atoms with Crippen molar-refractivity contribution in [3.63, 3.8) is 0 Å². The van der Waals surface area contributed by atoms with Gasteiger partial charge in [-0.3, -0.25) is 9.10 Å². The third-order valence-electron chi connectivity index (χ3n) is 4.73. The summed E-state index contributed by atoms with van der Waals surface area (Å²) in [5.41, 5.74) is 3.26. The molecule has 0 atom stereocenters. The lowest BCUT2D eigenvalue weighted by Crippen LogP contribution is -2.40. The molecule has 1 heterocycles. The third kappa shape index (κ3) is 3.46. The van der Waals surface area contributed by atoms with Gasteiger partial charge in [0.1, 0.15) is 6.54 Å². The topological polar surface area (TPSA) is 90.3 Å². The highest BCUT2D eigenvalue weighted by atomic mass is 32.2. The highest BCUT2D eigenvalue weighted by Crippen LogP contribution is 2.42. The molecule has 29 heavy (non-hydrogen) atoms. The summed E-state index contributed by atoms with van der Waals surface area (Å²) < 4.78 is 27.5. The first-order chi connectivity index (χ1) is 14.0. The highest BCUT2D eigenvalue weighted by Gasteiger charge is 2.35. The molecule has 0 radical (unpaired) electrons. The number of fused-ring (bicyclic) bond motifs is 3. The van der Waals surface area contributed by atoms with Crippen LogP contribution in [0.2, 0.25) is 0 Å². The number of anilines is 2. The Labute approximate surface area is 169 Å². The van der Waals surface area contributed by atoms with Crippen molar-refractivity contribution in [3.8, 4) is 17.2 Å². The van der Waals surface area contributed by atoms with Crippen LogP contribution in [-0.2, 0) is 21.2 Å². The molecule has 1 aliphatic rings. The second-order valence-electron chi connectivity index (χ2n) is 6.60. The predicted octanol–water partition coefficient (Wildman–Crippen LogP) is 3.57. The summed E-state index contributed by atoms with van der Waals surface area (Å²) in [7, 11) is -3.86. The fraction of sp³-hybridized carbons (Fsp3) is 0.0909. The summed E-state index contributed by atoms with van der Waals surface area (Å²) in [6, 6.07) is 22.9. The van der Waals surface area contributed by atoms with E-state index in [1.807, 2.05) is 12.1 Å². The second kappa shape index (κ2) is 7.41. The van der Waals surface area contributed by atoms with E-state index in [9.17, 15) is 13.2 Å². The maximum absolute atomic E-state index is 13.2. The smallest absolute Gasteiger partial charge is 0.265 e. The number of nitriles is 1. The summed E-state index contributed by atoms with van der Waals surface area (Å²) in [4.78, 5) is 12.8. The van der Waals surface area contributed by atoms with E-state index in [1.165, 1.54) is 0 Å². The number of nitrogens with one attached hydrogen (secondary N) is 1. The van der Waals surface area contributed by atoms with E-state index in [-0.39, 0.29) is 17.9 Å². The van der Waals surface area contributed by atoms with E-state index >= 15 is 0 Å². The number of carbonyl (C=O) groups excluding carboxylic acids is 1. The lowest BCUT2D eigenvalue weighted by atomic mass is 10.0. The molecular formula is C22H17N3O3S. The molecule has 0 bridgehead atoms. The molecule has 3 aromatic carbocycles. The van der Waals surface area contributed by atoms with Crippen molar-refractivity contribution in [1.29, 1.82) is 5.26 Å². The Balaban J connectivity index is 1.63. The van der Waals surface area contributed by atoms with Crippen LogP contribution in [0, 0.1) is 11.3 Å². The van der Waals surface area contributed by atoms with Crippen LogP contribution in [0.3, 0.4) is 0 Å². The molecule has 4 rings (SSSR count). The van der Waals surface area contributed by atoms with Crippen molar-refractivity contribution in [2.24, 2.45) is 0 Å². The number of para-hydroxylation sites is 1. The number of carbonyl (C=O) groups is 1. The third-order valence-corrected chi connectivity index (χ3v) is 6.54. The van der Waals surface area contributed by atoms with Gasteiger partial charge < -0.3 is 5.32 Å². The first kappa shape index (κ1) is 18.7. The van der Waals surface area contributed by atoms with E-state index in [0.717, 1.165) is 15.4 Å². The predicted molar refractivity (Wildman–Crippen MR) is 111 cm³/mol. The molecule has 0 fully saturated rings. The minimum Gasteiger partial charge on any atom is -0.325 e. The Morgan fingerprint density at radius 3 is 2.31 bits per heavy atom. The second-order valence-corrected chi connectivity index (χ2v) is 8.44. The minimum atomic E-state index is -3.86. The molecule has 144 valence electrons. The van der Waals surface area contributed by atoms with Gasteiger partial charge >= 0.3 is 0 Å². The van der Waals surface area contributed by atoms with Gasteiger partial charge in [0.2, 0.25) is 5.91 Å². The summed E-state index contributed by atoms with van der Waals surface area (Å²) in [5, 5.41) is 11.5. The number of benzene rings is 3. The van der Waals surface area contributed by atoms with Crippen LogP contribution in [0.1, 0.15) is 5.56 Å². The number of rotatable bonds is 4. The molecule has 6 nitrogen and oxygen atoms in total. The van der Waals surface area contributed by atoms with Gasteiger partial charge in [-0.2, -0.15) is 5.26 Å². The molecule has 1 amide bonds. The fourth-order valence-corrected chi connectivity index (χ4v) is 5.03. The van der Waals surface area contributed by atoms with Gasteiger partial charge in [-0.15, -0.1) is 0 Å². The molecule has 0 saturated carbocycles. The molecule has 0 saturated heterocycles. The summed E-state index contributed by atoms with van der Waals surface area (Å²) in [5.74, 6) is -0.448. The Hall–Kier alpha value is -3.63. The number of nitrogens with zero attached hydrogens (tertiary/aromatic N) is 2. The Morgan fingerprint density at radius 2 is 1.59 bits per heavy atom. The van der Waals surface area contributed by atoms with Gasteiger partial charge in [0.25, 0.3) is 10.0 Å². The summed E-state index contributed by atoms with van der Waals surface area (Å²) in [6.45, 7) is -0.340. The maximum atomic E-state index is 13.2. The Bertz CT molecular complexity index is 1230. The average molecular weight is 403 g/mol. The van der Waals surface area contributed by atoms with Crippen LogP contribution in [0.5, 0.6) is 0 Å². The van der Waals surface area contributed by atoms with Crippen LogP contribution in [-0.4, -0.2) is 20.9 Å². The van der Waals surface area contributed by atoms with E-state index in [4.69, 9.17) is 5.26 Å². The van der Waals surface area contributed by atoms with Crippen LogP contribution >= 0.6 is 0 Å². The molecule has 0 spiro atoms. The quantitative estimate of drug-likeness (QED) is 0.721. The van der Waals surface area contributed by atoms with Crippen molar-refractivity contribution < 1.29 is 13.2 Å². The zero-order chi connectivity index (χ0) is 20.4. The molecule has 7 heteroatoms. The number of hydrogen-bond donors (Lipinski definition) is 1. The van der Waals surface area contributed by atoms with Crippen LogP contribution in [0.25, 0.3) is 11.1 Å². The van der Waals surface area contributed by atoms with Crippen LogP contribution in [0.4, 0.5) is 11.4 Å². The van der Waals surface area contributed by atoms with Gasteiger partial charge in [0.15, 0.2) is 0 Å². The lowest BCUT2D eigenvalue weighted by Gasteiger charge is -2.31. The fourth-order valence-electron chi connectivity index (χ4n) is 3.38. The largest absolute Gasteiger partial charge is 0.325 e. The van der Waals surface area contributed by atoms with E-state index in [0.29, 0.717) is 16.9 Å². The standard InChI is InChI=1S/C22H17N3O3S/c23-14-13-16-9-11-17(12-10-16)24-22(26)15-25-20-7-3-1-5-18(20)19-6-2-4-8-21(19)29(25,27)28/h1-12H,13,15H2,(H,24,26). The van der Waals surface area contributed by atoms with E-state index < -0.39 is 15.9 Å². The Kier molecular flexibility index (Phi) is 4.79. The maximum Gasteiger partial charge on any atom is 0.265 e. The minimum absolute atomic E-state index is 0.187. The number of sulfonamides is 1. The molecule has 1 N–H and O–H groups in total. The SMILES string of the molecule is N#CCc1ccc(NC(=O)CN2c3ccccc3-c3ccccc3S2(=O)=O)cc1. The summed E-state index contributed by atoms with van der Waals surface area (Å²) >= 11 is 0. The monoisotopic (exact) mass is 403 g/mol. The molecule has 3 aromatic rings. The van der Waals surface area contributed by atoms with E-state index in [1.54, 1.807) is 60.7 Å². The van der Waals surface area contributed by atoms with Crippen molar-refractivity contribution in [3.05, 3.63) is 78.4 Å². The molecular weight excluding hydrogens is 386 g/mol. The molecule has 0 aromatic heterocycles. The zero-order valence-corrected chi connectivity index (χ0v) is 16.2. The first-order valence-electron chi connectivity index (χ1n) is 8.97. The van der Waals surface area contributed by atoms with E-state index in [2.05, 4.69) is 11.4 Å². The lowest BCUT2D eigenvalue weighted by molar-refractivity contribution is -0.114. The number of amides is 1. The summed E-state index contributed by atoms with van der Waals surface area (Å²) in [6.07, 6.45) is 0.288. The van der Waals surface area contributed by atoms with Crippen molar-refractivity contribution >= 4 is 27.3 Å². The van der Waals surface area contributed by atoms with Gasteiger partial charge in [-0.05, 0) is 29.8 Å². The Morgan fingerprint density at radius 1 is 0.931 bits per heavy atom. The van der Waals surface area contributed by atoms with Crippen molar-refractivity contribution in [2.45, 2.75) is 11.3 Å². The normalized spacial score (nSPS) is 13.7. The van der Waals surface area contributed by atoms with Crippen molar-refractivity contribution in [2.75, 3.05) is 16.2 Å². The zero-order valence-electron chi connectivity index (χ0n) is 15.4. The van der Waals surface area contributed by atoms with Crippen LogP contribution in [0.15, 0.2) is 77.7 Å². The molecule has 1 aliphatic heterocycles. The van der Waals surface area contributed by atoms with Gasteiger partial charge in [0.05, 0.1) is 23.1 Å². The van der Waals surface area contributed by atoms with Crippen LogP contribution < -0.4 is 9.62 Å². The molecule has 0 unspecified atom stereocenters.